The molecule has 0 bridgehead atoms. The molecule has 2 heterocycles. The van der Waals surface area contributed by atoms with Gasteiger partial charge < -0.3 is 0 Å². The Balaban J connectivity index is 2.43. The van der Waals surface area contributed by atoms with Crippen molar-refractivity contribution in [2.45, 2.75) is 0 Å². The van der Waals surface area contributed by atoms with Gasteiger partial charge in [0.25, 0.3) is 5.91 Å². The van der Waals surface area contributed by atoms with Gasteiger partial charge in [-0.25, -0.2) is 15.0 Å². The summed E-state index contributed by atoms with van der Waals surface area (Å²) in [7, 11) is 2.99. The number of hydroxylamine groups is 2. The number of amides is 1. The zero-order valence-electron chi connectivity index (χ0n) is 9.04. The van der Waals surface area contributed by atoms with E-state index in [-0.39, 0.29) is 5.91 Å². The molecule has 0 radical (unpaired) electrons. The van der Waals surface area contributed by atoms with Gasteiger partial charge in [0.15, 0.2) is 5.65 Å². The molecular formula is C11H11N3O2. The quantitative estimate of drug-likeness (QED) is 0.711. The molecule has 2 aromatic rings. The Morgan fingerprint density at radius 2 is 2.25 bits per heavy atom. The van der Waals surface area contributed by atoms with Crippen LogP contribution in [0.2, 0.25) is 0 Å². The number of hydrogen-bond donors (Lipinski definition) is 0. The summed E-state index contributed by atoms with van der Waals surface area (Å²) >= 11 is 0. The molecule has 2 rings (SSSR count). The smallest absolute Gasteiger partial charge is 0.274 e. The first kappa shape index (κ1) is 10.5. The Morgan fingerprint density at radius 1 is 1.44 bits per heavy atom. The van der Waals surface area contributed by atoms with E-state index in [1.807, 2.05) is 6.07 Å². The van der Waals surface area contributed by atoms with Crippen molar-refractivity contribution in [1.82, 2.24) is 15.0 Å². The van der Waals surface area contributed by atoms with Gasteiger partial charge in [0.2, 0.25) is 0 Å². The first-order chi connectivity index (χ1) is 7.72. The van der Waals surface area contributed by atoms with Crippen LogP contribution in [0.15, 0.2) is 30.6 Å². The van der Waals surface area contributed by atoms with Gasteiger partial charge in [-0.2, -0.15) is 0 Å². The highest BCUT2D eigenvalue weighted by Crippen LogP contribution is 2.11. The van der Waals surface area contributed by atoms with Gasteiger partial charge in [-0.1, -0.05) is 0 Å². The lowest BCUT2D eigenvalue weighted by molar-refractivity contribution is -0.0757. The first-order valence-electron chi connectivity index (χ1n) is 4.75. The van der Waals surface area contributed by atoms with E-state index >= 15 is 0 Å². The summed E-state index contributed by atoms with van der Waals surface area (Å²) < 4.78 is 0. The van der Waals surface area contributed by atoms with Crippen molar-refractivity contribution < 1.29 is 9.63 Å². The summed E-state index contributed by atoms with van der Waals surface area (Å²) in [5, 5.41) is 1.98. The van der Waals surface area contributed by atoms with Crippen molar-refractivity contribution in [3.05, 3.63) is 36.2 Å². The highest BCUT2D eigenvalue weighted by Gasteiger charge is 2.12. The summed E-state index contributed by atoms with van der Waals surface area (Å²) in [5.74, 6) is -0.235. The van der Waals surface area contributed by atoms with Gasteiger partial charge in [0, 0.05) is 24.8 Å². The average molecular weight is 217 g/mol. The summed E-state index contributed by atoms with van der Waals surface area (Å²) in [6, 6.07) is 5.41. The second-order valence-corrected chi connectivity index (χ2v) is 3.26. The lowest BCUT2D eigenvalue weighted by Crippen LogP contribution is -2.25. The average Bonchev–Trinajstić information content (AvgIpc) is 2.36. The van der Waals surface area contributed by atoms with Crippen molar-refractivity contribution >= 4 is 16.9 Å². The second kappa shape index (κ2) is 4.24. The van der Waals surface area contributed by atoms with Crippen LogP contribution >= 0.6 is 0 Å². The molecule has 0 aliphatic rings. The minimum absolute atomic E-state index is 0.235. The fraction of sp³-hybridized carbons (Fsp3) is 0.182. The minimum atomic E-state index is -0.235. The Bertz CT molecular complexity index is 527. The zero-order valence-corrected chi connectivity index (χ0v) is 9.04. The third kappa shape index (κ3) is 1.85. The van der Waals surface area contributed by atoms with Crippen LogP contribution in [0.4, 0.5) is 0 Å². The predicted octanol–water partition coefficient (Wildman–Crippen LogP) is 1.26. The zero-order chi connectivity index (χ0) is 11.5. The van der Waals surface area contributed by atoms with Crippen molar-refractivity contribution in [2.24, 2.45) is 0 Å². The minimum Gasteiger partial charge on any atom is -0.274 e. The molecular weight excluding hydrogens is 206 g/mol. The van der Waals surface area contributed by atoms with Gasteiger partial charge in [0.1, 0.15) is 0 Å². The van der Waals surface area contributed by atoms with Crippen LogP contribution in [-0.2, 0) is 4.84 Å². The van der Waals surface area contributed by atoms with Gasteiger partial charge in [-0.05, 0) is 18.2 Å². The molecule has 0 N–H and O–H groups in total. The Hall–Kier alpha value is -2.01. The number of nitrogens with zero attached hydrogens (tertiary/aromatic N) is 3. The summed E-state index contributed by atoms with van der Waals surface area (Å²) in [6.45, 7) is 0. The molecule has 82 valence electrons. The Kier molecular flexibility index (Phi) is 2.78. The largest absolute Gasteiger partial charge is 0.278 e. The van der Waals surface area contributed by atoms with Crippen LogP contribution < -0.4 is 0 Å². The van der Waals surface area contributed by atoms with Crippen LogP contribution in [0.25, 0.3) is 11.0 Å². The monoisotopic (exact) mass is 217 g/mol. The number of aromatic nitrogens is 2. The molecule has 0 atom stereocenters. The molecule has 0 aromatic carbocycles. The van der Waals surface area contributed by atoms with Gasteiger partial charge >= 0.3 is 0 Å². The molecule has 5 nitrogen and oxygen atoms in total. The molecule has 2 aromatic heterocycles. The van der Waals surface area contributed by atoms with Crippen molar-refractivity contribution in [1.29, 1.82) is 0 Å². The SMILES string of the molecule is CON(C)C(=O)c1cnc2ncccc2c1. The van der Waals surface area contributed by atoms with E-state index in [1.165, 1.54) is 13.3 Å². The maximum absolute atomic E-state index is 11.8. The molecule has 0 aliphatic heterocycles. The molecule has 0 unspecified atom stereocenters. The Morgan fingerprint density at radius 3 is 3.00 bits per heavy atom. The van der Waals surface area contributed by atoms with E-state index in [4.69, 9.17) is 4.84 Å². The lowest BCUT2D eigenvalue weighted by atomic mass is 10.2. The molecule has 0 aliphatic carbocycles. The van der Waals surface area contributed by atoms with Crippen molar-refractivity contribution in [3.8, 4) is 0 Å². The lowest BCUT2D eigenvalue weighted by Gasteiger charge is -2.13. The van der Waals surface area contributed by atoms with Gasteiger partial charge in [0.05, 0.1) is 12.7 Å². The molecule has 0 fully saturated rings. The van der Waals surface area contributed by atoms with Gasteiger partial charge in [-0.3, -0.25) is 9.63 Å². The van der Waals surface area contributed by atoms with E-state index in [0.29, 0.717) is 11.2 Å². The number of carbonyl (C=O) groups is 1. The number of rotatable bonds is 2. The van der Waals surface area contributed by atoms with E-state index in [0.717, 1.165) is 10.4 Å². The van der Waals surface area contributed by atoms with E-state index in [1.54, 1.807) is 25.4 Å². The normalized spacial score (nSPS) is 10.4. The number of hydrogen-bond acceptors (Lipinski definition) is 4. The maximum atomic E-state index is 11.8. The predicted molar refractivity (Wildman–Crippen MR) is 58.6 cm³/mol. The fourth-order valence-corrected chi connectivity index (χ4v) is 1.35. The van der Waals surface area contributed by atoms with Crippen molar-refractivity contribution in [2.75, 3.05) is 14.2 Å². The summed E-state index contributed by atoms with van der Waals surface area (Å²) in [5.41, 5.74) is 1.10. The third-order valence-electron chi connectivity index (χ3n) is 2.26. The number of carbonyl (C=O) groups excluding carboxylic acids is 1. The molecule has 16 heavy (non-hydrogen) atoms. The topological polar surface area (TPSA) is 55.3 Å². The molecule has 0 spiro atoms. The van der Waals surface area contributed by atoms with Crippen LogP contribution in [0.5, 0.6) is 0 Å². The molecule has 5 heteroatoms. The first-order valence-corrected chi connectivity index (χ1v) is 4.75. The van der Waals surface area contributed by atoms with Crippen LogP contribution in [0.1, 0.15) is 10.4 Å². The molecule has 0 saturated carbocycles. The standard InChI is InChI=1S/C11H11N3O2/c1-14(16-2)11(15)9-6-8-4-3-5-12-10(8)13-7-9/h3-7H,1-2H3. The van der Waals surface area contributed by atoms with Crippen molar-refractivity contribution in [3.63, 3.8) is 0 Å². The van der Waals surface area contributed by atoms with Crippen LogP contribution in [-0.4, -0.2) is 35.1 Å². The molecule has 1 amide bonds. The molecule has 0 saturated heterocycles. The maximum Gasteiger partial charge on any atom is 0.278 e. The van der Waals surface area contributed by atoms with Crippen LogP contribution in [0.3, 0.4) is 0 Å². The van der Waals surface area contributed by atoms with E-state index in [2.05, 4.69) is 9.97 Å². The van der Waals surface area contributed by atoms with E-state index in [9.17, 15) is 4.79 Å². The van der Waals surface area contributed by atoms with Crippen LogP contribution in [0, 0.1) is 0 Å². The third-order valence-corrected chi connectivity index (χ3v) is 2.26. The fourth-order valence-electron chi connectivity index (χ4n) is 1.35. The highest BCUT2D eigenvalue weighted by atomic mass is 16.7. The second-order valence-electron chi connectivity index (χ2n) is 3.26. The Labute approximate surface area is 92.6 Å². The number of fused-ring (bicyclic) bond motifs is 1. The summed E-state index contributed by atoms with van der Waals surface area (Å²) in [4.78, 5) is 24.8. The van der Waals surface area contributed by atoms with Gasteiger partial charge in [-0.15, -0.1) is 0 Å². The number of pyridine rings is 2. The van der Waals surface area contributed by atoms with E-state index < -0.39 is 0 Å². The highest BCUT2D eigenvalue weighted by molar-refractivity contribution is 5.96. The summed E-state index contributed by atoms with van der Waals surface area (Å²) in [6.07, 6.45) is 3.16.